The molecular weight excluding hydrogens is 394 g/mol. The van der Waals surface area contributed by atoms with Crippen molar-refractivity contribution in [3.05, 3.63) is 50.7 Å². The number of thiazole rings is 1. The molecule has 3 aromatic rings. The summed E-state index contributed by atoms with van der Waals surface area (Å²) in [6, 6.07) is 9.81. The van der Waals surface area contributed by atoms with E-state index in [2.05, 4.69) is 15.8 Å². The van der Waals surface area contributed by atoms with Crippen molar-refractivity contribution in [1.82, 2.24) is 15.8 Å². The van der Waals surface area contributed by atoms with Gasteiger partial charge >= 0.3 is 0 Å². The van der Waals surface area contributed by atoms with Gasteiger partial charge in [0.2, 0.25) is 0 Å². The Labute approximate surface area is 170 Å². The second-order valence-electron chi connectivity index (χ2n) is 6.69. The van der Waals surface area contributed by atoms with Gasteiger partial charge in [0, 0.05) is 4.88 Å². The number of para-hydroxylation sites is 1. The highest BCUT2D eigenvalue weighted by Gasteiger charge is 2.17. The van der Waals surface area contributed by atoms with E-state index in [1.807, 2.05) is 30.3 Å². The van der Waals surface area contributed by atoms with Gasteiger partial charge in [-0.15, -0.1) is 22.7 Å². The van der Waals surface area contributed by atoms with Crippen molar-refractivity contribution in [2.45, 2.75) is 38.7 Å². The summed E-state index contributed by atoms with van der Waals surface area (Å²) in [7, 11) is 0. The Hall–Kier alpha value is -2.29. The van der Waals surface area contributed by atoms with E-state index in [9.17, 15) is 9.59 Å². The standard InChI is InChI=1S/C20H21N3O3S2/c24-18(11-26-12-19-21-14-7-4-5-9-16(14)28-19)22-23-20(25)17-10-13-6-2-1-3-8-15(13)27-17/h4-5,7,9-10H,1-3,6,8,11-12H2,(H,22,24)(H,23,25). The van der Waals surface area contributed by atoms with Crippen LogP contribution in [0.3, 0.4) is 0 Å². The van der Waals surface area contributed by atoms with Crippen LogP contribution in [0.5, 0.6) is 0 Å². The molecule has 0 fully saturated rings. The van der Waals surface area contributed by atoms with E-state index in [1.165, 1.54) is 41.0 Å². The summed E-state index contributed by atoms with van der Waals surface area (Å²) in [4.78, 5) is 30.6. The van der Waals surface area contributed by atoms with Crippen molar-refractivity contribution in [1.29, 1.82) is 0 Å². The number of carbonyl (C=O) groups is 2. The van der Waals surface area contributed by atoms with Crippen LogP contribution in [-0.2, 0) is 29.0 Å². The number of aryl methyl sites for hydroxylation is 2. The van der Waals surface area contributed by atoms with E-state index in [0.29, 0.717) is 4.88 Å². The fourth-order valence-corrected chi connectivity index (χ4v) is 5.27. The molecule has 28 heavy (non-hydrogen) atoms. The Kier molecular flexibility index (Phi) is 5.99. The van der Waals surface area contributed by atoms with E-state index in [4.69, 9.17) is 4.74 Å². The maximum Gasteiger partial charge on any atom is 0.279 e. The van der Waals surface area contributed by atoms with Crippen LogP contribution >= 0.6 is 22.7 Å². The molecule has 0 unspecified atom stereocenters. The number of fused-ring (bicyclic) bond motifs is 2. The second-order valence-corrected chi connectivity index (χ2v) is 8.94. The van der Waals surface area contributed by atoms with Gasteiger partial charge in [-0.05, 0) is 49.4 Å². The molecule has 1 aromatic carbocycles. The SMILES string of the molecule is O=C(COCc1nc2ccccc2s1)NNC(=O)c1cc2c(s1)CCCCC2. The van der Waals surface area contributed by atoms with E-state index in [-0.39, 0.29) is 19.1 Å². The highest BCUT2D eigenvalue weighted by Crippen LogP contribution is 2.28. The molecule has 0 radical (unpaired) electrons. The molecule has 2 aromatic heterocycles. The Morgan fingerprint density at radius 2 is 1.93 bits per heavy atom. The first kappa shape index (κ1) is 19.0. The van der Waals surface area contributed by atoms with Crippen LogP contribution in [0, 0.1) is 0 Å². The molecule has 1 aliphatic rings. The van der Waals surface area contributed by atoms with Gasteiger partial charge in [0.25, 0.3) is 11.8 Å². The summed E-state index contributed by atoms with van der Waals surface area (Å²) in [5.74, 6) is -0.676. The van der Waals surface area contributed by atoms with E-state index < -0.39 is 5.91 Å². The Morgan fingerprint density at radius 1 is 1.07 bits per heavy atom. The molecule has 1 aliphatic carbocycles. The molecule has 0 atom stereocenters. The predicted molar refractivity (Wildman–Crippen MR) is 110 cm³/mol. The number of hydrogen-bond acceptors (Lipinski definition) is 6. The minimum atomic E-state index is -0.396. The summed E-state index contributed by atoms with van der Waals surface area (Å²) < 4.78 is 6.51. The molecule has 146 valence electrons. The van der Waals surface area contributed by atoms with Gasteiger partial charge in [-0.1, -0.05) is 18.6 Å². The summed E-state index contributed by atoms with van der Waals surface area (Å²) in [5, 5.41) is 0.818. The fraction of sp³-hybridized carbons (Fsp3) is 0.350. The Bertz CT molecular complexity index is 939. The lowest BCUT2D eigenvalue weighted by molar-refractivity contribution is -0.126. The fourth-order valence-electron chi connectivity index (χ4n) is 3.22. The lowest BCUT2D eigenvalue weighted by Crippen LogP contribution is -2.43. The molecule has 0 bridgehead atoms. The molecule has 4 rings (SSSR count). The third kappa shape index (κ3) is 4.57. The molecule has 0 spiro atoms. The average Bonchev–Trinajstić information content (AvgIpc) is 3.23. The summed E-state index contributed by atoms with van der Waals surface area (Å²) >= 11 is 3.07. The molecule has 2 heterocycles. The Morgan fingerprint density at radius 3 is 2.82 bits per heavy atom. The molecule has 0 aliphatic heterocycles. The number of nitrogens with zero attached hydrogens (tertiary/aromatic N) is 1. The number of carbonyl (C=O) groups excluding carboxylic acids is 2. The van der Waals surface area contributed by atoms with Gasteiger partial charge in [-0.25, -0.2) is 4.98 Å². The first-order valence-corrected chi connectivity index (χ1v) is 11.0. The van der Waals surface area contributed by atoms with Crippen LogP contribution in [-0.4, -0.2) is 23.4 Å². The molecule has 0 saturated carbocycles. The molecular formula is C20H21N3O3S2. The zero-order valence-electron chi connectivity index (χ0n) is 15.3. The van der Waals surface area contributed by atoms with Crippen molar-refractivity contribution in [3.63, 3.8) is 0 Å². The number of nitrogens with one attached hydrogen (secondary N) is 2. The minimum Gasteiger partial charge on any atom is -0.364 e. The smallest absolute Gasteiger partial charge is 0.279 e. The highest BCUT2D eigenvalue weighted by atomic mass is 32.1. The van der Waals surface area contributed by atoms with E-state index >= 15 is 0 Å². The summed E-state index contributed by atoms with van der Waals surface area (Å²) in [6.07, 6.45) is 5.67. The van der Waals surface area contributed by atoms with E-state index in [0.717, 1.165) is 28.1 Å². The van der Waals surface area contributed by atoms with Gasteiger partial charge in [-0.3, -0.25) is 20.4 Å². The van der Waals surface area contributed by atoms with Gasteiger partial charge in [0.15, 0.2) is 0 Å². The van der Waals surface area contributed by atoms with Crippen molar-refractivity contribution in [2.24, 2.45) is 0 Å². The van der Waals surface area contributed by atoms with Gasteiger partial charge in [0.1, 0.15) is 11.6 Å². The van der Waals surface area contributed by atoms with Crippen molar-refractivity contribution in [3.8, 4) is 0 Å². The number of hydrogen-bond donors (Lipinski definition) is 2. The maximum absolute atomic E-state index is 12.3. The minimum absolute atomic E-state index is 0.142. The van der Waals surface area contributed by atoms with Crippen LogP contribution in [0.15, 0.2) is 30.3 Å². The van der Waals surface area contributed by atoms with E-state index in [1.54, 1.807) is 11.3 Å². The number of aromatic nitrogens is 1. The molecule has 0 saturated heterocycles. The zero-order chi connectivity index (χ0) is 19.3. The zero-order valence-corrected chi connectivity index (χ0v) is 17.0. The lowest BCUT2D eigenvalue weighted by Gasteiger charge is -2.06. The number of amides is 2. The maximum atomic E-state index is 12.3. The first-order chi connectivity index (χ1) is 13.7. The number of ether oxygens (including phenoxy) is 1. The van der Waals surface area contributed by atoms with Crippen molar-refractivity contribution < 1.29 is 14.3 Å². The van der Waals surface area contributed by atoms with Gasteiger partial charge in [-0.2, -0.15) is 0 Å². The third-order valence-electron chi connectivity index (χ3n) is 4.58. The summed E-state index contributed by atoms with van der Waals surface area (Å²) in [5.41, 5.74) is 7.09. The van der Waals surface area contributed by atoms with Crippen LogP contribution in [0.1, 0.15) is 44.4 Å². The van der Waals surface area contributed by atoms with Crippen LogP contribution in [0.2, 0.25) is 0 Å². The third-order valence-corrected chi connectivity index (χ3v) is 6.83. The summed E-state index contributed by atoms with van der Waals surface area (Å²) in [6.45, 7) is 0.121. The monoisotopic (exact) mass is 415 g/mol. The predicted octanol–water partition coefficient (Wildman–Crippen LogP) is 3.60. The molecule has 2 amide bonds. The quantitative estimate of drug-likeness (QED) is 0.493. The highest BCUT2D eigenvalue weighted by molar-refractivity contribution is 7.18. The van der Waals surface area contributed by atoms with Crippen LogP contribution in [0.25, 0.3) is 10.2 Å². The van der Waals surface area contributed by atoms with Crippen LogP contribution < -0.4 is 10.9 Å². The molecule has 2 N–H and O–H groups in total. The van der Waals surface area contributed by atoms with Gasteiger partial charge < -0.3 is 4.74 Å². The first-order valence-electron chi connectivity index (χ1n) is 9.32. The van der Waals surface area contributed by atoms with Crippen molar-refractivity contribution >= 4 is 44.7 Å². The number of hydrazine groups is 1. The number of rotatable bonds is 5. The molecule has 6 nitrogen and oxygen atoms in total. The van der Waals surface area contributed by atoms with Gasteiger partial charge in [0.05, 0.1) is 21.7 Å². The van der Waals surface area contributed by atoms with Crippen LogP contribution in [0.4, 0.5) is 0 Å². The molecule has 8 heteroatoms. The Balaban J connectivity index is 1.22. The topological polar surface area (TPSA) is 80.3 Å². The normalized spacial score (nSPS) is 13.7. The number of thiophene rings is 1. The second kappa shape index (κ2) is 8.81. The largest absolute Gasteiger partial charge is 0.364 e. The number of benzene rings is 1. The average molecular weight is 416 g/mol. The lowest BCUT2D eigenvalue weighted by atomic mass is 10.1. The van der Waals surface area contributed by atoms with Crippen molar-refractivity contribution in [2.75, 3.05) is 6.61 Å².